The van der Waals surface area contributed by atoms with Gasteiger partial charge in [0, 0.05) is 0 Å². The highest BCUT2D eigenvalue weighted by Crippen LogP contribution is 2.21. The standard InChI is InChI=1S/C19H20N2O/c1-14(2)22-19-18(13-12-15-8-4-3-5-9-15)20-16-10-6-7-11-17(16)21-19/h3-11,14H,12-13H2,1-2H3. The second kappa shape index (κ2) is 6.56. The summed E-state index contributed by atoms with van der Waals surface area (Å²) in [6, 6.07) is 18.4. The normalized spacial score (nSPS) is 11.0. The van der Waals surface area contributed by atoms with Gasteiger partial charge in [0.15, 0.2) is 0 Å². The van der Waals surface area contributed by atoms with Gasteiger partial charge in [0.05, 0.1) is 17.1 Å². The van der Waals surface area contributed by atoms with Crippen molar-refractivity contribution in [3.63, 3.8) is 0 Å². The summed E-state index contributed by atoms with van der Waals surface area (Å²) in [5.74, 6) is 0.657. The van der Waals surface area contributed by atoms with E-state index in [9.17, 15) is 0 Å². The molecule has 1 heterocycles. The maximum absolute atomic E-state index is 5.87. The van der Waals surface area contributed by atoms with Gasteiger partial charge in [-0.3, -0.25) is 0 Å². The number of aryl methyl sites for hydroxylation is 2. The van der Waals surface area contributed by atoms with Crippen molar-refractivity contribution < 1.29 is 4.74 Å². The predicted octanol–water partition coefficient (Wildman–Crippen LogP) is 4.20. The molecule has 3 aromatic rings. The van der Waals surface area contributed by atoms with E-state index in [0.29, 0.717) is 5.88 Å². The highest BCUT2D eigenvalue weighted by atomic mass is 16.5. The van der Waals surface area contributed by atoms with Crippen LogP contribution < -0.4 is 4.74 Å². The minimum Gasteiger partial charge on any atom is -0.474 e. The Morgan fingerprint density at radius 3 is 2.14 bits per heavy atom. The van der Waals surface area contributed by atoms with Crippen LogP contribution in [-0.4, -0.2) is 16.1 Å². The Kier molecular flexibility index (Phi) is 4.33. The van der Waals surface area contributed by atoms with Crippen molar-refractivity contribution in [1.29, 1.82) is 0 Å². The summed E-state index contributed by atoms with van der Waals surface area (Å²) in [6.07, 6.45) is 1.84. The molecule has 0 spiro atoms. The van der Waals surface area contributed by atoms with Gasteiger partial charge in [0.2, 0.25) is 5.88 Å². The van der Waals surface area contributed by atoms with Gasteiger partial charge in [-0.25, -0.2) is 9.97 Å². The second-order valence-corrected chi connectivity index (χ2v) is 5.62. The highest BCUT2D eigenvalue weighted by Gasteiger charge is 2.11. The highest BCUT2D eigenvalue weighted by molar-refractivity contribution is 5.74. The maximum atomic E-state index is 5.87. The van der Waals surface area contributed by atoms with Gasteiger partial charge in [-0.15, -0.1) is 0 Å². The molecule has 3 rings (SSSR count). The van der Waals surface area contributed by atoms with E-state index < -0.39 is 0 Å². The lowest BCUT2D eigenvalue weighted by molar-refractivity contribution is 0.229. The Hall–Kier alpha value is -2.42. The zero-order valence-corrected chi connectivity index (χ0v) is 13.0. The number of nitrogens with zero attached hydrogens (tertiary/aromatic N) is 2. The summed E-state index contributed by atoms with van der Waals surface area (Å²) >= 11 is 0. The van der Waals surface area contributed by atoms with Gasteiger partial charge in [0.25, 0.3) is 0 Å². The van der Waals surface area contributed by atoms with E-state index in [-0.39, 0.29) is 6.10 Å². The Balaban J connectivity index is 1.91. The van der Waals surface area contributed by atoms with Crippen LogP contribution in [0.25, 0.3) is 11.0 Å². The summed E-state index contributed by atoms with van der Waals surface area (Å²) in [6.45, 7) is 4.02. The van der Waals surface area contributed by atoms with Gasteiger partial charge in [-0.2, -0.15) is 0 Å². The Bertz CT molecular complexity index is 754. The minimum atomic E-state index is 0.0888. The summed E-state index contributed by atoms with van der Waals surface area (Å²) < 4.78 is 5.87. The van der Waals surface area contributed by atoms with E-state index in [0.717, 1.165) is 29.6 Å². The first kappa shape index (κ1) is 14.5. The fourth-order valence-electron chi connectivity index (χ4n) is 2.41. The summed E-state index contributed by atoms with van der Waals surface area (Å²) in [7, 11) is 0. The van der Waals surface area contributed by atoms with Crippen LogP contribution in [0, 0.1) is 0 Å². The number of benzene rings is 2. The number of ether oxygens (including phenoxy) is 1. The predicted molar refractivity (Wildman–Crippen MR) is 89.2 cm³/mol. The number of hydrogen-bond donors (Lipinski definition) is 0. The zero-order chi connectivity index (χ0) is 15.4. The van der Waals surface area contributed by atoms with Gasteiger partial charge >= 0.3 is 0 Å². The number of aromatic nitrogens is 2. The van der Waals surface area contributed by atoms with Crippen molar-refractivity contribution in [2.75, 3.05) is 0 Å². The third-order valence-corrected chi connectivity index (χ3v) is 3.45. The van der Waals surface area contributed by atoms with E-state index in [1.54, 1.807) is 0 Å². The molecule has 1 aromatic heterocycles. The third-order valence-electron chi connectivity index (χ3n) is 3.45. The third kappa shape index (κ3) is 3.42. The molecule has 3 heteroatoms. The molecule has 3 nitrogen and oxygen atoms in total. The quantitative estimate of drug-likeness (QED) is 0.707. The SMILES string of the molecule is CC(C)Oc1nc2ccccc2nc1CCc1ccccc1. The topological polar surface area (TPSA) is 35.0 Å². The number of rotatable bonds is 5. The average Bonchev–Trinajstić information content (AvgIpc) is 2.53. The van der Waals surface area contributed by atoms with Crippen LogP contribution in [0.15, 0.2) is 54.6 Å². The maximum Gasteiger partial charge on any atom is 0.236 e. The van der Waals surface area contributed by atoms with Crippen molar-refractivity contribution in [3.05, 3.63) is 65.9 Å². The van der Waals surface area contributed by atoms with E-state index in [1.807, 2.05) is 44.2 Å². The van der Waals surface area contributed by atoms with Crippen molar-refractivity contribution in [1.82, 2.24) is 9.97 Å². The summed E-state index contributed by atoms with van der Waals surface area (Å²) in [5.41, 5.74) is 4.02. The lowest BCUT2D eigenvalue weighted by Crippen LogP contribution is -2.11. The first-order chi connectivity index (χ1) is 10.7. The first-order valence-electron chi connectivity index (χ1n) is 7.68. The lowest BCUT2D eigenvalue weighted by Gasteiger charge is -2.13. The molecular weight excluding hydrogens is 272 g/mol. The van der Waals surface area contributed by atoms with Crippen LogP contribution in [-0.2, 0) is 12.8 Å². The van der Waals surface area contributed by atoms with Crippen LogP contribution >= 0.6 is 0 Å². The van der Waals surface area contributed by atoms with Crippen LogP contribution in [0.5, 0.6) is 5.88 Å². The van der Waals surface area contributed by atoms with Gasteiger partial charge < -0.3 is 4.74 Å². The smallest absolute Gasteiger partial charge is 0.236 e. The molecule has 0 aliphatic rings. The molecule has 0 bridgehead atoms. The van der Waals surface area contributed by atoms with Crippen LogP contribution in [0.3, 0.4) is 0 Å². The molecule has 0 aliphatic heterocycles. The average molecular weight is 292 g/mol. The van der Waals surface area contributed by atoms with E-state index in [4.69, 9.17) is 9.72 Å². The molecule has 0 unspecified atom stereocenters. The minimum absolute atomic E-state index is 0.0888. The largest absolute Gasteiger partial charge is 0.474 e. The Labute approximate surface area is 131 Å². The second-order valence-electron chi connectivity index (χ2n) is 5.62. The fraction of sp³-hybridized carbons (Fsp3) is 0.263. The molecular formula is C19H20N2O. The van der Waals surface area contributed by atoms with Crippen LogP contribution in [0.1, 0.15) is 25.1 Å². The summed E-state index contributed by atoms with van der Waals surface area (Å²) in [5, 5.41) is 0. The van der Waals surface area contributed by atoms with Crippen LogP contribution in [0.4, 0.5) is 0 Å². The molecule has 0 fully saturated rings. The monoisotopic (exact) mass is 292 g/mol. The molecule has 0 N–H and O–H groups in total. The van der Waals surface area contributed by atoms with E-state index in [2.05, 4.69) is 29.2 Å². The lowest BCUT2D eigenvalue weighted by atomic mass is 10.1. The number of para-hydroxylation sites is 2. The molecule has 22 heavy (non-hydrogen) atoms. The molecule has 0 radical (unpaired) electrons. The Morgan fingerprint density at radius 1 is 0.818 bits per heavy atom. The molecule has 0 aliphatic carbocycles. The number of fused-ring (bicyclic) bond motifs is 1. The first-order valence-corrected chi connectivity index (χ1v) is 7.68. The zero-order valence-electron chi connectivity index (χ0n) is 13.0. The molecule has 112 valence electrons. The molecule has 0 amide bonds. The molecule has 0 saturated heterocycles. The Morgan fingerprint density at radius 2 is 1.45 bits per heavy atom. The molecule has 0 saturated carbocycles. The van der Waals surface area contributed by atoms with Crippen molar-refractivity contribution >= 4 is 11.0 Å². The summed E-state index contributed by atoms with van der Waals surface area (Å²) in [4.78, 5) is 9.40. The fourth-order valence-corrected chi connectivity index (χ4v) is 2.41. The van der Waals surface area contributed by atoms with Gasteiger partial charge in [-0.1, -0.05) is 42.5 Å². The van der Waals surface area contributed by atoms with Gasteiger partial charge in [0.1, 0.15) is 5.69 Å². The van der Waals surface area contributed by atoms with Gasteiger partial charge in [-0.05, 0) is 44.4 Å². The van der Waals surface area contributed by atoms with E-state index in [1.165, 1.54) is 5.56 Å². The molecule has 2 aromatic carbocycles. The molecule has 0 atom stereocenters. The number of hydrogen-bond acceptors (Lipinski definition) is 3. The van der Waals surface area contributed by atoms with E-state index >= 15 is 0 Å². The van der Waals surface area contributed by atoms with Crippen LogP contribution in [0.2, 0.25) is 0 Å². The van der Waals surface area contributed by atoms with Crippen molar-refractivity contribution in [2.24, 2.45) is 0 Å². The van der Waals surface area contributed by atoms with Crippen molar-refractivity contribution in [2.45, 2.75) is 32.8 Å². The van der Waals surface area contributed by atoms with Crippen molar-refractivity contribution in [3.8, 4) is 5.88 Å².